The zero-order chi connectivity index (χ0) is 14.1. The molecular weight excluding hydrogens is 258 g/mol. The fraction of sp³-hybridized carbons (Fsp3) is 0.700. The average molecular weight is 277 g/mol. The first-order valence-corrected chi connectivity index (χ1v) is 6.83. The summed E-state index contributed by atoms with van der Waals surface area (Å²) in [7, 11) is 0. The minimum absolute atomic E-state index is 0.216. The number of nitrogens with one attached hydrogen (secondary N) is 2. The van der Waals surface area contributed by atoms with Crippen LogP contribution in [0.25, 0.3) is 0 Å². The highest BCUT2D eigenvalue weighted by Crippen LogP contribution is 2.01. The van der Waals surface area contributed by atoms with E-state index in [9.17, 15) is 14.4 Å². The van der Waals surface area contributed by atoms with Crippen LogP contribution < -0.4 is 16.4 Å². The maximum Gasteiger partial charge on any atom is 0.326 e. The van der Waals surface area contributed by atoms with Gasteiger partial charge in [0.2, 0.25) is 11.8 Å². The Labute approximate surface area is 110 Å². The Hall–Kier alpha value is -1.28. The van der Waals surface area contributed by atoms with Crippen molar-refractivity contribution < 1.29 is 19.5 Å². The number of aliphatic carboxylic acids is 1. The number of amides is 2. The van der Waals surface area contributed by atoms with E-state index in [4.69, 9.17) is 10.8 Å². The van der Waals surface area contributed by atoms with E-state index in [0.717, 1.165) is 0 Å². The molecule has 0 aliphatic heterocycles. The fourth-order valence-corrected chi connectivity index (χ4v) is 1.63. The maximum atomic E-state index is 11.6. The van der Waals surface area contributed by atoms with Gasteiger partial charge in [-0.25, -0.2) is 4.79 Å². The van der Waals surface area contributed by atoms with Gasteiger partial charge < -0.3 is 21.5 Å². The van der Waals surface area contributed by atoms with Crippen LogP contribution in [0.3, 0.4) is 0 Å². The fourth-order valence-electron chi connectivity index (χ4n) is 1.16. The van der Waals surface area contributed by atoms with Crippen LogP contribution in [-0.4, -0.2) is 53.5 Å². The van der Waals surface area contributed by atoms with Gasteiger partial charge in [-0.1, -0.05) is 0 Å². The Bertz CT molecular complexity index is 311. The van der Waals surface area contributed by atoms with Crippen molar-refractivity contribution >= 4 is 29.5 Å². The monoisotopic (exact) mass is 277 g/mol. The molecule has 0 heterocycles. The maximum absolute atomic E-state index is 11.6. The molecule has 0 aromatic carbocycles. The lowest BCUT2D eigenvalue weighted by atomic mass is 10.2. The van der Waals surface area contributed by atoms with Gasteiger partial charge in [-0.2, -0.15) is 11.8 Å². The summed E-state index contributed by atoms with van der Waals surface area (Å²) in [4.78, 5) is 33.5. The lowest BCUT2D eigenvalue weighted by Crippen LogP contribution is -2.51. The second-order valence-electron chi connectivity index (χ2n) is 3.67. The van der Waals surface area contributed by atoms with Crippen molar-refractivity contribution in [3.05, 3.63) is 0 Å². The lowest BCUT2D eigenvalue weighted by Gasteiger charge is -2.18. The molecule has 0 aliphatic rings. The number of carboxylic acids is 1. The smallest absolute Gasteiger partial charge is 0.326 e. The van der Waals surface area contributed by atoms with E-state index in [-0.39, 0.29) is 6.54 Å². The number of hydrogen-bond donors (Lipinski definition) is 4. The average Bonchev–Trinajstić information content (AvgIpc) is 2.33. The molecule has 7 nitrogen and oxygen atoms in total. The third-order valence-corrected chi connectivity index (χ3v) is 2.83. The van der Waals surface area contributed by atoms with Crippen molar-refractivity contribution in [2.24, 2.45) is 5.73 Å². The molecular formula is C10H19N3O4S. The van der Waals surface area contributed by atoms with Crippen LogP contribution in [0.2, 0.25) is 0 Å². The van der Waals surface area contributed by atoms with E-state index in [1.165, 1.54) is 18.7 Å². The van der Waals surface area contributed by atoms with Gasteiger partial charge in [0.05, 0.1) is 6.54 Å². The highest BCUT2D eigenvalue weighted by atomic mass is 32.2. The number of hydrogen-bond acceptors (Lipinski definition) is 5. The van der Waals surface area contributed by atoms with E-state index >= 15 is 0 Å². The summed E-state index contributed by atoms with van der Waals surface area (Å²) in [6, 6.07) is -1.75. The van der Waals surface area contributed by atoms with Gasteiger partial charge >= 0.3 is 5.97 Å². The number of rotatable bonds is 8. The van der Waals surface area contributed by atoms with E-state index in [1.54, 1.807) is 0 Å². The van der Waals surface area contributed by atoms with E-state index in [2.05, 4.69) is 10.6 Å². The van der Waals surface area contributed by atoms with Gasteiger partial charge in [-0.15, -0.1) is 0 Å². The minimum atomic E-state index is -1.09. The highest BCUT2D eigenvalue weighted by molar-refractivity contribution is 7.98. The van der Waals surface area contributed by atoms with Gasteiger partial charge in [0, 0.05) is 0 Å². The molecule has 8 heteroatoms. The van der Waals surface area contributed by atoms with Crippen molar-refractivity contribution in [3.8, 4) is 0 Å². The molecule has 2 amide bonds. The number of carbonyl (C=O) groups is 3. The Morgan fingerprint density at radius 1 is 1.33 bits per heavy atom. The summed E-state index contributed by atoms with van der Waals surface area (Å²) in [5, 5.41) is 13.7. The number of thioether (sulfide) groups is 1. The van der Waals surface area contributed by atoms with Gasteiger partial charge in [0.1, 0.15) is 12.1 Å². The van der Waals surface area contributed by atoms with Gasteiger partial charge in [-0.3, -0.25) is 9.59 Å². The molecule has 0 bridgehead atoms. The number of carboxylic acid groups (broad SMARTS) is 1. The molecule has 18 heavy (non-hydrogen) atoms. The van der Waals surface area contributed by atoms with Crippen molar-refractivity contribution in [1.29, 1.82) is 0 Å². The molecule has 0 aromatic rings. The lowest BCUT2D eigenvalue weighted by molar-refractivity contribution is -0.142. The predicted molar refractivity (Wildman–Crippen MR) is 69.2 cm³/mol. The van der Waals surface area contributed by atoms with Crippen LogP contribution in [0.4, 0.5) is 0 Å². The Morgan fingerprint density at radius 2 is 1.94 bits per heavy atom. The van der Waals surface area contributed by atoms with Crippen molar-refractivity contribution in [2.75, 3.05) is 18.6 Å². The molecule has 0 saturated heterocycles. The summed E-state index contributed by atoms with van der Waals surface area (Å²) in [5.74, 6) is -1.46. The molecule has 0 rings (SSSR count). The molecule has 0 unspecified atom stereocenters. The molecule has 5 N–H and O–H groups in total. The molecule has 0 saturated carbocycles. The first-order chi connectivity index (χ1) is 8.42. The first kappa shape index (κ1) is 16.7. The molecule has 2 atom stereocenters. The van der Waals surface area contributed by atoms with E-state index in [1.807, 2.05) is 6.26 Å². The van der Waals surface area contributed by atoms with E-state index < -0.39 is 29.9 Å². The van der Waals surface area contributed by atoms with Crippen molar-refractivity contribution in [1.82, 2.24) is 10.6 Å². The second-order valence-corrected chi connectivity index (χ2v) is 4.66. The van der Waals surface area contributed by atoms with Gasteiger partial charge in [0.15, 0.2) is 0 Å². The molecule has 0 radical (unpaired) electrons. The SMILES string of the molecule is CSCC[C@H](NC(=O)[C@H](C)NC(=O)CN)C(=O)O. The summed E-state index contributed by atoms with van der Waals surface area (Å²) in [6.07, 6.45) is 2.19. The number of nitrogens with two attached hydrogens (primary N) is 1. The third kappa shape index (κ3) is 6.45. The quantitative estimate of drug-likeness (QED) is 0.441. The van der Waals surface area contributed by atoms with Crippen LogP contribution in [0, 0.1) is 0 Å². The Balaban J connectivity index is 4.31. The summed E-state index contributed by atoms with van der Waals surface area (Å²) < 4.78 is 0. The topological polar surface area (TPSA) is 122 Å². The molecule has 0 aromatic heterocycles. The van der Waals surface area contributed by atoms with Gasteiger partial charge in [-0.05, 0) is 25.4 Å². The summed E-state index contributed by atoms with van der Waals surface area (Å²) >= 11 is 1.50. The zero-order valence-corrected chi connectivity index (χ0v) is 11.3. The Morgan fingerprint density at radius 3 is 2.39 bits per heavy atom. The largest absolute Gasteiger partial charge is 0.480 e. The van der Waals surface area contributed by atoms with Crippen molar-refractivity contribution in [2.45, 2.75) is 25.4 Å². The minimum Gasteiger partial charge on any atom is -0.480 e. The van der Waals surface area contributed by atoms with Crippen molar-refractivity contribution in [3.63, 3.8) is 0 Å². The van der Waals surface area contributed by atoms with E-state index in [0.29, 0.717) is 12.2 Å². The first-order valence-electron chi connectivity index (χ1n) is 5.44. The summed E-state index contributed by atoms with van der Waals surface area (Å²) in [6.45, 7) is 1.25. The second kappa shape index (κ2) is 8.76. The van der Waals surface area contributed by atoms with Crippen LogP contribution in [0.1, 0.15) is 13.3 Å². The molecule has 0 fully saturated rings. The van der Waals surface area contributed by atoms with Gasteiger partial charge in [0.25, 0.3) is 0 Å². The summed E-state index contributed by atoms with van der Waals surface area (Å²) in [5.41, 5.74) is 5.10. The molecule has 0 spiro atoms. The molecule has 0 aliphatic carbocycles. The van der Waals surface area contributed by atoms with Crippen LogP contribution in [0.15, 0.2) is 0 Å². The number of carbonyl (C=O) groups excluding carboxylic acids is 2. The molecule has 104 valence electrons. The van der Waals surface area contributed by atoms with Crippen LogP contribution in [0.5, 0.6) is 0 Å². The standard InChI is InChI=1S/C10H19N3O4S/c1-6(12-8(14)5-11)9(15)13-7(10(16)17)3-4-18-2/h6-7H,3-5,11H2,1-2H3,(H,12,14)(H,13,15)(H,16,17)/t6-,7-/m0/s1. The van der Waals surface area contributed by atoms with Crippen LogP contribution in [-0.2, 0) is 14.4 Å². The zero-order valence-electron chi connectivity index (χ0n) is 10.4. The highest BCUT2D eigenvalue weighted by Gasteiger charge is 2.23. The third-order valence-electron chi connectivity index (χ3n) is 2.18. The normalized spacial score (nSPS) is 13.5. The Kier molecular flexibility index (Phi) is 8.14. The predicted octanol–water partition coefficient (Wildman–Crippen LogP) is -1.23. The van der Waals surface area contributed by atoms with Crippen LogP contribution >= 0.6 is 11.8 Å².